The summed E-state index contributed by atoms with van der Waals surface area (Å²) in [5.74, 6) is 1.67. The summed E-state index contributed by atoms with van der Waals surface area (Å²) in [6, 6.07) is 8.13. The van der Waals surface area contributed by atoms with E-state index in [4.69, 9.17) is 4.42 Å². The Balaban J connectivity index is 1.47. The van der Waals surface area contributed by atoms with Gasteiger partial charge in [0.2, 0.25) is 11.9 Å². The molecule has 0 atom stereocenters. The average Bonchev–Trinajstić information content (AvgIpc) is 3.28. The summed E-state index contributed by atoms with van der Waals surface area (Å²) in [6.45, 7) is 0. The van der Waals surface area contributed by atoms with Crippen molar-refractivity contribution in [3.05, 3.63) is 30.5 Å². The van der Waals surface area contributed by atoms with Crippen molar-refractivity contribution in [1.29, 1.82) is 0 Å². The van der Waals surface area contributed by atoms with E-state index in [0.29, 0.717) is 29.1 Å². The minimum absolute atomic E-state index is 0.0154. The number of nitrogens with zero attached hydrogens (tertiary/aromatic N) is 2. The summed E-state index contributed by atoms with van der Waals surface area (Å²) in [6.07, 6.45) is 3.92. The van der Waals surface area contributed by atoms with Crippen molar-refractivity contribution >= 4 is 51.9 Å². The molecule has 3 aromatic rings. The number of aromatic nitrogens is 2. The van der Waals surface area contributed by atoms with Crippen LogP contribution in [0.25, 0.3) is 11.1 Å². The van der Waals surface area contributed by atoms with Crippen LogP contribution in [0.15, 0.2) is 39.8 Å². The summed E-state index contributed by atoms with van der Waals surface area (Å²) < 4.78 is 5.50. The molecule has 1 aliphatic carbocycles. The molecule has 0 saturated heterocycles. The molecule has 1 fully saturated rings. The fourth-order valence-corrected chi connectivity index (χ4v) is 3.52. The standard InChI is InChI=1S/C17H15N5O2S/c23-14-8-25-13-4-3-10(7-12(13)20-14)19-17-21-11-5-6-24-15(11)16(22-17)18-9-1-2-9/h3-7,9H,1-2,8H2,(H,20,23)(H2,18,19,21,22). The molecule has 7 nitrogen and oxygen atoms in total. The van der Waals surface area contributed by atoms with Crippen molar-refractivity contribution in [3.63, 3.8) is 0 Å². The van der Waals surface area contributed by atoms with E-state index in [0.717, 1.165) is 34.6 Å². The molecule has 0 radical (unpaired) electrons. The van der Waals surface area contributed by atoms with Crippen LogP contribution >= 0.6 is 11.8 Å². The largest absolute Gasteiger partial charge is 0.459 e. The second-order valence-electron chi connectivity index (χ2n) is 6.12. The number of thioether (sulfide) groups is 1. The van der Waals surface area contributed by atoms with Crippen molar-refractivity contribution in [2.45, 2.75) is 23.8 Å². The molecule has 1 amide bonds. The van der Waals surface area contributed by atoms with Crippen molar-refractivity contribution in [2.24, 2.45) is 0 Å². The number of hydrogen-bond donors (Lipinski definition) is 3. The number of nitrogens with one attached hydrogen (secondary N) is 3. The molecule has 0 bridgehead atoms. The second kappa shape index (κ2) is 5.66. The van der Waals surface area contributed by atoms with E-state index in [-0.39, 0.29) is 5.91 Å². The summed E-state index contributed by atoms with van der Waals surface area (Å²) in [4.78, 5) is 21.7. The fourth-order valence-electron chi connectivity index (χ4n) is 2.73. The Morgan fingerprint density at radius 1 is 1.24 bits per heavy atom. The third kappa shape index (κ3) is 2.89. The van der Waals surface area contributed by atoms with Gasteiger partial charge in [-0.2, -0.15) is 4.98 Å². The van der Waals surface area contributed by atoms with Crippen LogP contribution < -0.4 is 16.0 Å². The molecule has 126 valence electrons. The molecule has 1 aliphatic heterocycles. The summed E-state index contributed by atoms with van der Waals surface area (Å²) in [5, 5.41) is 9.49. The van der Waals surface area contributed by atoms with E-state index >= 15 is 0 Å². The highest BCUT2D eigenvalue weighted by Crippen LogP contribution is 2.34. The van der Waals surface area contributed by atoms with E-state index in [2.05, 4.69) is 25.9 Å². The Kier molecular flexibility index (Phi) is 3.30. The highest BCUT2D eigenvalue weighted by atomic mass is 32.2. The Morgan fingerprint density at radius 3 is 3.04 bits per heavy atom. The normalized spacial score (nSPS) is 16.4. The summed E-state index contributed by atoms with van der Waals surface area (Å²) >= 11 is 1.54. The van der Waals surface area contributed by atoms with Crippen LogP contribution in [0, 0.1) is 0 Å². The molecule has 5 rings (SSSR count). The van der Waals surface area contributed by atoms with Gasteiger partial charge in [0.15, 0.2) is 11.4 Å². The van der Waals surface area contributed by atoms with Gasteiger partial charge in [-0.3, -0.25) is 4.79 Å². The molecule has 0 unspecified atom stereocenters. The Morgan fingerprint density at radius 2 is 2.16 bits per heavy atom. The molecular weight excluding hydrogens is 338 g/mol. The first-order valence-corrected chi connectivity index (χ1v) is 9.09. The first-order chi connectivity index (χ1) is 12.2. The van der Waals surface area contributed by atoms with Gasteiger partial charge in [-0.25, -0.2) is 4.98 Å². The van der Waals surface area contributed by atoms with Crippen LogP contribution in [-0.2, 0) is 4.79 Å². The van der Waals surface area contributed by atoms with Crippen molar-refractivity contribution in [2.75, 3.05) is 21.7 Å². The molecule has 25 heavy (non-hydrogen) atoms. The van der Waals surface area contributed by atoms with Crippen LogP contribution in [-0.4, -0.2) is 27.7 Å². The summed E-state index contributed by atoms with van der Waals surface area (Å²) in [7, 11) is 0. The smallest absolute Gasteiger partial charge is 0.234 e. The fraction of sp³-hybridized carbons (Fsp3) is 0.235. The number of hydrogen-bond acceptors (Lipinski definition) is 7. The van der Waals surface area contributed by atoms with Crippen LogP contribution in [0.1, 0.15) is 12.8 Å². The monoisotopic (exact) mass is 353 g/mol. The van der Waals surface area contributed by atoms with Crippen LogP contribution in [0.4, 0.5) is 23.1 Å². The number of rotatable bonds is 4. The van der Waals surface area contributed by atoms with Gasteiger partial charge in [-0.15, -0.1) is 11.8 Å². The lowest BCUT2D eigenvalue weighted by molar-refractivity contribution is -0.113. The van der Waals surface area contributed by atoms with Gasteiger partial charge in [0, 0.05) is 22.7 Å². The molecular formula is C17H15N5O2S. The van der Waals surface area contributed by atoms with Crippen molar-refractivity contribution in [3.8, 4) is 0 Å². The van der Waals surface area contributed by atoms with Gasteiger partial charge in [0.25, 0.3) is 0 Å². The Labute approximate surface area is 147 Å². The average molecular weight is 353 g/mol. The number of carbonyl (C=O) groups excluding carboxylic acids is 1. The number of fused-ring (bicyclic) bond motifs is 2. The van der Waals surface area contributed by atoms with E-state index in [1.165, 1.54) is 11.8 Å². The highest BCUT2D eigenvalue weighted by molar-refractivity contribution is 8.00. The number of amides is 1. The quantitative estimate of drug-likeness (QED) is 0.660. The Bertz CT molecular complexity index is 982. The molecule has 1 saturated carbocycles. The van der Waals surface area contributed by atoms with Gasteiger partial charge in [-0.05, 0) is 31.0 Å². The third-order valence-electron chi connectivity index (χ3n) is 4.09. The molecule has 2 aromatic heterocycles. The lowest BCUT2D eigenvalue weighted by atomic mass is 10.2. The molecule has 3 N–H and O–H groups in total. The molecule has 1 aromatic carbocycles. The maximum atomic E-state index is 11.6. The van der Waals surface area contributed by atoms with Crippen LogP contribution in [0.5, 0.6) is 0 Å². The molecule has 3 heterocycles. The van der Waals surface area contributed by atoms with E-state index in [1.807, 2.05) is 24.3 Å². The van der Waals surface area contributed by atoms with Crippen molar-refractivity contribution < 1.29 is 9.21 Å². The number of carbonyl (C=O) groups is 1. The minimum Gasteiger partial charge on any atom is -0.459 e. The molecule has 2 aliphatic rings. The zero-order chi connectivity index (χ0) is 16.8. The first kappa shape index (κ1) is 14.6. The topological polar surface area (TPSA) is 92.1 Å². The number of benzene rings is 1. The van der Waals surface area contributed by atoms with Crippen molar-refractivity contribution in [1.82, 2.24) is 9.97 Å². The van der Waals surface area contributed by atoms with Crippen LogP contribution in [0.2, 0.25) is 0 Å². The van der Waals surface area contributed by atoms with E-state index in [1.54, 1.807) is 6.26 Å². The zero-order valence-corrected chi connectivity index (χ0v) is 14.0. The van der Waals surface area contributed by atoms with Gasteiger partial charge in [-0.1, -0.05) is 0 Å². The second-order valence-corrected chi connectivity index (χ2v) is 7.14. The lowest BCUT2D eigenvalue weighted by Crippen LogP contribution is -2.18. The summed E-state index contributed by atoms with van der Waals surface area (Å²) in [5.41, 5.74) is 3.06. The van der Waals surface area contributed by atoms with E-state index < -0.39 is 0 Å². The maximum absolute atomic E-state index is 11.6. The van der Waals surface area contributed by atoms with Gasteiger partial charge in [0.05, 0.1) is 17.7 Å². The zero-order valence-electron chi connectivity index (χ0n) is 13.2. The van der Waals surface area contributed by atoms with Gasteiger partial charge >= 0.3 is 0 Å². The predicted molar refractivity (Wildman–Crippen MR) is 97.5 cm³/mol. The maximum Gasteiger partial charge on any atom is 0.234 e. The highest BCUT2D eigenvalue weighted by Gasteiger charge is 2.24. The third-order valence-corrected chi connectivity index (χ3v) is 5.16. The number of furan rings is 1. The molecule has 0 spiro atoms. The lowest BCUT2D eigenvalue weighted by Gasteiger charge is -2.17. The van der Waals surface area contributed by atoms with Gasteiger partial charge in [0.1, 0.15) is 5.52 Å². The predicted octanol–water partition coefficient (Wildman–Crippen LogP) is 3.58. The Hall–Kier alpha value is -2.74. The first-order valence-electron chi connectivity index (χ1n) is 8.10. The minimum atomic E-state index is 0.0154. The SMILES string of the molecule is O=C1CSc2ccc(Nc3nc(NC4CC4)c4occc4n3)cc2N1. The number of anilines is 4. The van der Waals surface area contributed by atoms with Crippen LogP contribution in [0.3, 0.4) is 0 Å². The van der Waals surface area contributed by atoms with Gasteiger partial charge < -0.3 is 20.4 Å². The molecule has 8 heteroatoms. The van der Waals surface area contributed by atoms with E-state index in [9.17, 15) is 4.79 Å².